The Bertz CT molecular complexity index is 1160. The Hall–Kier alpha value is -3.37. The number of halogens is 1. The van der Waals surface area contributed by atoms with Gasteiger partial charge in [0.05, 0.1) is 37.9 Å². The Kier molecular flexibility index (Phi) is 9.89. The first-order valence-corrected chi connectivity index (χ1v) is 12.3. The molecule has 0 aliphatic rings. The molecule has 0 N–H and O–H groups in total. The highest BCUT2D eigenvalue weighted by molar-refractivity contribution is 7.09. The van der Waals surface area contributed by atoms with Gasteiger partial charge in [-0.15, -0.1) is 11.3 Å². The topological polar surface area (TPSA) is 100 Å². The summed E-state index contributed by atoms with van der Waals surface area (Å²) in [6.45, 7) is 2.55. The van der Waals surface area contributed by atoms with Gasteiger partial charge < -0.3 is 23.8 Å². The third-order valence-electron chi connectivity index (χ3n) is 5.47. The molecule has 1 aromatic carbocycles. The summed E-state index contributed by atoms with van der Waals surface area (Å²) in [5.74, 6) is 1.05. The van der Waals surface area contributed by atoms with Crippen LogP contribution in [-0.2, 0) is 27.2 Å². The SMILES string of the molecule is COc1ccc(CC(C)OC(=O)N(C)Cc2ncsc2C(COC=O)c2ccc(Cl)nc2)c(OC)c1. The van der Waals surface area contributed by atoms with Crippen molar-refractivity contribution in [1.82, 2.24) is 14.9 Å². The van der Waals surface area contributed by atoms with E-state index < -0.39 is 12.2 Å². The predicted octanol–water partition coefficient (Wildman–Crippen LogP) is 4.71. The number of thiazole rings is 1. The standard InChI is InChI=1S/C25H28ClN3O6S/c1-16(9-17-5-7-19(32-3)10-22(17)33-4)35-25(31)29(2)12-21-24(36-14-28-21)20(13-34-15-30)18-6-8-23(26)27-11-18/h5-8,10-11,14-16,20H,9,12-13H2,1-4H3. The number of nitrogens with zero attached hydrogens (tertiary/aromatic N) is 3. The molecule has 2 unspecified atom stereocenters. The Morgan fingerprint density at radius 2 is 2.00 bits per heavy atom. The largest absolute Gasteiger partial charge is 0.497 e. The zero-order chi connectivity index (χ0) is 26.1. The Morgan fingerprint density at radius 1 is 1.19 bits per heavy atom. The second kappa shape index (κ2) is 13.1. The molecule has 0 saturated heterocycles. The first kappa shape index (κ1) is 27.2. The highest BCUT2D eigenvalue weighted by atomic mass is 35.5. The average Bonchev–Trinajstić information content (AvgIpc) is 3.33. The van der Waals surface area contributed by atoms with Gasteiger partial charge in [-0.2, -0.15) is 0 Å². The minimum atomic E-state index is -0.484. The van der Waals surface area contributed by atoms with E-state index in [9.17, 15) is 9.59 Å². The van der Waals surface area contributed by atoms with Crippen LogP contribution in [0.15, 0.2) is 42.0 Å². The maximum Gasteiger partial charge on any atom is 0.410 e. The quantitative estimate of drug-likeness (QED) is 0.244. The van der Waals surface area contributed by atoms with E-state index in [1.807, 2.05) is 25.1 Å². The lowest BCUT2D eigenvalue weighted by atomic mass is 9.98. The lowest BCUT2D eigenvalue weighted by Gasteiger charge is -2.22. The highest BCUT2D eigenvalue weighted by Gasteiger charge is 2.24. The van der Waals surface area contributed by atoms with Crippen LogP contribution in [-0.4, -0.2) is 61.4 Å². The molecule has 192 valence electrons. The summed E-state index contributed by atoms with van der Waals surface area (Å²) < 4.78 is 21.4. The van der Waals surface area contributed by atoms with Crippen molar-refractivity contribution in [1.29, 1.82) is 0 Å². The first-order chi connectivity index (χ1) is 17.4. The van der Waals surface area contributed by atoms with Gasteiger partial charge in [-0.25, -0.2) is 14.8 Å². The molecule has 2 aromatic heterocycles. The Morgan fingerprint density at radius 3 is 2.67 bits per heavy atom. The van der Waals surface area contributed by atoms with Gasteiger partial charge in [-0.05, 0) is 30.2 Å². The third kappa shape index (κ3) is 7.08. The van der Waals surface area contributed by atoms with Gasteiger partial charge in [0.2, 0.25) is 0 Å². The molecule has 2 heterocycles. The monoisotopic (exact) mass is 533 g/mol. The molecule has 3 rings (SSSR count). The number of carbonyl (C=O) groups is 2. The van der Waals surface area contributed by atoms with Gasteiger partial charge >= 0.3 is 6.09 Å². The summed E-state index contributed by atoms with van der Waals surface area (Å²) in [7, 11) is 4.82. The molecule has 2 atom stereocenters. The lowest BCUT2D eigenvalue weighted by Crippen LogP contribution is -2.31. The molecular formula is C25H28ClN3O6S. The fourth-order valence-electron chi connectivity index (χ4n) is 3.66. The molecule has 36 heavy (non-hydrogen) atoms. The zero-order valence-corrected chi connectivity index (χ0v) is 22.0. The van der Waals surface area contributed by atoms with Gasteiger partial charge in [0.25, 0.3) is 6.47 Å². The average molecular weight is 534 g/mol. The van der Waals surface area contributed by atoms with Crippen molar-refractivity contribution in [2.75, 3.05) is 27.9 Å². The van der Waals surface area contributed by atoms with Crippen molar-refractivity contribution in [2.45, 2.75) is 31.9 Å². The predicted molar refractivity (Wildman–Crippen MR) is 136 cm³/mol. The van der Waals surface area contributed by atoms with Crippen molar-refractivity contribution in [2.24, 2.45) is 0 Å². The maximum atomic E-state index is 12.8. The molecular weight excluding hydrogens is 506 g/mol. The van der Waals surface area contributed by atoms with Crippen LogP contribution in [0.1, 0.15) is 34.5 Å². The number of hydrogen-bond acceptors (Lipinski definition) is 9. The molecule has 3 aromatic rings. The van der Waals surface area contributed by atoms with Crippen LogP contribution in [0.25, 0.3) is 0 Å². The Labute approximate surface area is 218 Å². The fraction of sp³-hybridized carbons (Fsp3) is 0.360. The molecule has 1 amide bonds. The van der Waals surface area contributed by atoms with Gasteiger partial charge in [0, 0.05) is 30.6 Å². The lowest BCUT2D eigenvalue weighted by molar-refractivity contribution is -0.128. The van der Waals surface area contributed by atoms with E-state index in [1.54, 1.807) is 45.1 Å². The Balaban J connectivity index is 1.67. The number of amides is 1. The van der Waals surface area contributed by atoms with E-state index in [1.165, 1.54) is 16.2 Å². The third-order valence-corrected chi connectivity index (χ3v) is 6.68. The van der Waals surface area contributed by atoms with Crippen LogP contribution < -0.4 is 9.47 Å². The van der Waals surface area contributed by atoms with Crippen molar-refractivity contribution in [3.8, 4) is 11.5 Å². The summed E-state index contributed by atoms with van der Waals surface area (Å²) in [6, 6.07) is 9.02. The summed E-state index contributed by atoms with van der Waals surface area (Å²) in [6.07, 6.45) is 1.23. The molecule has 0 saturated carbocycles. The molecule has 0 radical (unpaired) electrons. The van der Waals surface area contributed by atoms with Gasteiger partial charge in [-0.3, -0.25) is 4.79 Å². The molecule has 0 aliphatic heterocycles. The smallest absolute Gasteiger partial charge is 0.410 e. The van der Waals surface area contributed by atoms with E-state index >= 15 is 0 Å². The number of carbonyl (C=O) groups excluding carboxylic acids is 2. The van der Waals surface area contributed by atoms with Crippen molar-refractivity contribution in [3.05, 3.63) is 68.9 Å². The van der Waals surface area contributed by atoms with E-state index in [4.69, 9.17) is 30.5 Å². The minimum absolute atomic E-state index is 0.108. The molecule has 0 aliphatic carbocycles. The van der Waals surface area contributed by atoms with Gasteiger partial charge in [0.1, 0.15) is 29.4 Å². The summed E-state index contributed by atoms with van der Waals surface area (Å²) in [5.41, 5.74) is 4.09. The van der Waals surface area contributed by atoms with E-state index in [0.717, 1.165) is 16.0 Å². The molecule has 0 bridgehead atoms. The van der Waals surface area contributed by atoms with Crippen molar-refractivity contribution < 1.29 is 28.5 Å². The van der Waals surface area contributed by atoms with Crippen LogP contribution in [0.3, 0.4) is 0 Å². The normalized spacial score (nSPS) is 12.4. The summed E-state index contributed by atoms with van der Waals surface area (Å²) in [4.78, 5) is 34.6. The number of benzene rings is 1. The highest BCUT2D eigenvalue weighted by Crippen LogP contribution is 2.32. The van der Waals surface area contributed by atoms with Crippen LogP contribution in [0.5, 0.6) is 11.5 Å². The fourth-order valence-corrected chi connectivity index (χ4v) is 4.68. The molecule has 0 spiro atoms. The van der Waals surface area contributed by atoms with Crippen LogP contribution in [0, 0.1) is 0 Å². The van der Waals surface area contributed by atoms with Crippen molar-refractivity contribution >= 4 is 35.5 Å². The maximum absolute atomic E-state index is 12.8. The molecule has 9 nitrogen and oxygen atoms in total. The number of hydrogen-bond donors (Lipinski definition) is 0. The second-order valence-electron chi connectivity index (χ2n) is 7.99. The summed E-state index contributed by atoms with van der Waals surface area (Å²) >= 11 is 7.34. The molecule has 11 heteroatoms. The number of ether oxygens (including phenoxy) is 4. The number of pyridine rings is 1. The number of rotatable bonds is 12. The van der Waals surface area contributed by atoms with E-state index in [0.29, 0.717) is 35.2 Å². The van der Waals surface area contributed by atoms with Gasteiger partial charge in [0.15, 0.2) is 0 Å². The van der Waals surface area contributed by atoms with Gasteiger partial charge in [-0.1, -0.05) is 23.7 Å². The summed E-state index contributed by atoms with van der Waals surface area (Å²) in [5, 5.41) is 0.363. The first-order valence-electron chi connectivity index (χ1n) is 11.1. The number of methoxy groups -OCH3 is 2. The second-order valence-corrected chi connectivity index (χ2v) is 9.27. The van der Waals surface area contributed by atoms with Crippen LogP contribution in [0.4, 0.5) is 4.79 Å². The van der Waals surface area contributed by atoms with Crippen molar-refractivity contribution in [3.63, 3.8) is 0 Å². The van der Waals surface area contributed by atoms with E-state index in [-0.39, 0.29) is 19.1 Å². The molecule has 0 fully saturated rings. The number of aromatic nitrogens is 2. The van der Waals surface area contributed by atoms with Crippen LogP contribution >= 0.6 is 22.9 Å². The minimum Gasteiger partial charge on any atom is -0.497 e. The zero-order valence-electron chi connectivity index (χ0n) is 20.5. The van der Waals surface area contributed by atoms with Crippen LogP contribution in [0.2, 0.25) is 5.15 Å². The van der Waals surface area contributed by atoms with E-state index in [2.05, 4.69) is 9.97 Å².